The Bertz CT molecular complexity index is 468. The van der Waals surface area contributed by atoms with Crippen LogP contribution in [-0.4, -0.2) is 51.2 Å². The zero-order valence-corrected chi connectivity index (χ0v) is 11.7. The lowest BCUT2D eigenvalue weighted by atomic mass is 10.1. The van der Waals surface area contributed by atoms with Crippen molar-refractivity contribution in [3.05, 3.63) is 23.3 Å². The molecule has 1 aromatic carbocycles. The average molecular weight is 264 g/mol. The molecule has 1 fully saturated rings. The lowest BCUT2D eigenvalue weighted by molar-refractivity contribution is 0.0732. The van der Waals surface area contributed by atoms with E-state index in [1.54, 1.807) is 20.3 Å². The highest BCUT2D eigenvalue weighted by atomic mass is 16.5. The first kappa shape index (κ1) is 13.7. The van der Waals surface area contributed by atoms with Crippen molar-refractivity contribution in [2.75, 3.05) is 40.4 Å². The Morgan fingerprint density at radius 3 is 2.37 bits per heavy atom. The molecule has 1 N–H and O–H groups in total. The van der Waals surface area contributed by atoms with Gasteiger partial charge in [0.15, 0.2) is 0 Å². The van der Waals surface area contributed by atoms with Crippen molar-refractivity contribution in [3.8, 4) is 11.5 Å². The van der Waals surface area contributed by atoms with Gasteiger partial charge in [0.05, 0.1) is 19.8 Å². The zero-order chi connectivity index (χ0) is 13.8. The van der Waals surface area contributed by atoms with Gasteiger partial charge in [-0.05, 0) is 24.6 Å². The number of rotatable bonds is 3. The number of amides is 1. The standard InChI is InChI=1S/C14H20N2O3/c1-10-8-13(19-3)11(9-12(10)18-2)14(17)16-6-4-15-5-7-16/h8-9,15H,4-7H2,1-3H3. The third-order valence-corrected chi connectivity index (χ3v) is 3.35. The van der Waals surface area contributed by atoms with Gasteiger partial charge in [-0.15, -0.1) is 0 Å². The minimum atomic E-state index is -0.00310. The van der Waals surface area contributed by atoms with Crippen LogP contribution in [0, 0.1) is 6.92 Å². The number of aryl methyl sites for hydroxylation is 1. The normalized spacial score (nSPS) is 15.2. The van der Waals surface area contributed by atoms with E-state index in [1.807, 2.05) is 17.9 Å². The largest absolute Gasteiger partial charge is 0.496 e. The molecule has 0 aromatic heterocycles. The lowest BCUT2D eigenvalue weighted by Gasteiger charge is -2.28. The molecule has 1 aliphatic rings. The highest BCUT2D eigenvalue weighted by Crippen LogP contribution is 2.29. The van der Waals surface area contributed by atoms with E-state index < -0.39 is 0 Å². The van der Waals surface area contributed by atoms with E-state index in [4.69, 9.17) is 9.47 Å². The Morgan fingerprint density at radius 2 is 1.79 bits per heavy atom. The molecule has 2 rings (SSSR count). The molecule has 1 aromatic rings. The van der Waals surface area contributed by atoms with Crippen molar-refractivity contribution in [3.63, 3.8) is 0 Å². The molecule has 0 spiro atoms. The number of hydrogen-bond donors (Lipinski definition) is 1. The van der Waals surface area contributed by atoms with Crippen molar-refractivity contribution in [1.82, 2.24) is 10.2 Å². The second-order valence-corrected chi connectivity index (χ2v) is 4.56. The Morgan fingerprint density at radius 1 is 1.16 bits per heavy atom. The number of methoxy groups -OCH3 is 2. The summed E-state index contributed by atoms with van der Waals surface area (Å²) in [6.07, 6.45) is 0. The lowest BCUT2D eigenvalue weighted by Crippen LogP contribution is -2.46. The molecular formula is C14H20N2O3. The smallest absolute Gasteiger partial charge is 0.257 e. The van der Waals surface area contributed by atoms with Crippen molar-refractivity contribution in [1.29, 1.82) is 0 Å². The average Bonchev–Trinajstić information content (AvgIpc) is 2.47. The summed E-state index contributed by atoms with van der Waals surface area (Å²) in [5.74, 6) is 1.30. The molecule has 1 saturated heterocycles. The van der Waals surface area contributed by atoms with Gasteiger partial charge in [0.25, 0.3) is 5.91 Å². The fourth-order valence-electron chi connectivity index (χ4n) is 2.26. The van der Waals surface area contributed by atoms with Gasteiger partial charge in [0.1, 0.15) is 11.5 Å². The van der Waals surface area contributed by atoms with Crippen molar-refractivity contribution in [2.24, 2.45) is 0 Å². The Kier molecular flexibility index (Phi) is 4.27. The molecule has 0 unspecified atom stereocenters. The van der Waals surface area contributed by atoms with E-state index in [0.717, 1.165) is 31.7 Å². The van der Waals surface area contributed by atoms with Crippen LogP contribution in [0.3, 0.4) is 0 Å². The predicted molar refractivity (Wildman–Crippen MR) is 73.1 cm³/mol. The summed E-state index contributed by atoms with van der Waals surface area (Å²) in [4.78, 5) is 14.4. The maximum Gasteiger partial charge on any atom is 0.257 e. The number of benzene rings is 1. The summed E-state index contributed by atoms with van der Waals surface area (Å²) in [6.45, 7) is 5.03. The second-order valence-electron chi connectivity index (χ2n) is 4.56. The van der Waals surface area contributed by atoms with Gasteiger partial charge in [-0.25, -0.2) is 0 Å². The van der Waals surface area contributed by atoms with Gasteiger partial charge in [-0.2, -0.15) is 0 Å². The third kappa shape index (κ3) is 2.81. The van der Waals surface area contributed by atoms with Gasteiger partial charge >= 0.3 is 0 Å². The molecular weight excluding hydrogens is 244 g/mol. The minimum absolute atomic E-state index is 0.00310. The topological polar surface area (TPSA) is 50.8 Å². The molecule has 1 aliphatic heterocycles. The van der Waals surface area contributed by atoms with Crippen LogP contribution in [0.4, 0.5) is 0 Å². The summed E-state index contributed by atoms with van der Waals surface area (Å²) in [5.41, 5.74) is 1.52. The maximum absolute atomic E-state index is 12.5. The van der Waals surface area contributed by atoms with Gasteiger partial charge in [0, 0.05) is 26.2 Å². The maximum atomic E-state index is 12.5. The van der Waals surface area contributed by atoms with E-state index in [2.05, 4.69) is 5.32 Å². The number of ether oxygens (including phenoxy) is 2. The molecule has 1 heterocycles. The molecule has 104 valence electrons. The number of piperazine rings is 1. The van der Waals surface area contributed by atoms with Crippen LogP contribution in [0.1, 0.15) is 15.9 Å². The number of nitrogens with one attached hydrogen (secondary N) is 1. The van der Waals surface area contributed by atoms with Gasteiger partial charge in [-0.1, -0.05) is 0 Å². The summed E-state index contributed by atoms with van der Waals surface area (Å²) < 4.78 is 10.6. The highest BCUT2D eigenvalue weighted by molar-refractivity contribution is 5.97. The summed E-state index contributed by atoms with van der Waals surface area (Å²) in [5, 5.41) is 3.23. The second kappa shape index (κ2) is 5.93. The quantitative estimate of drug-likeness (QED) is 0.887. The number of nitrogens with zero attached hydrogens (tertiary/aromatic N) is 1. The molecule has 0 saturated carbocycles. The first-order valence-electron chi connectivity index (χ1n) is 6.40. The number of hydrogen-bond acceptors (Lipinski definition) is 4. The molecule has 0 aliphatic carbocycles. The monoisotopic (exact) mass is 264 g/mol. The predicted octanol–water partition coefficient (Wildman–Crippen LogP) is 1.06. The SMILES string of the molecule is COc1cc(C(=O)N2CCNCC2)c(OC)cc1C. The Labute approximate surface area is 113 Å². The zero-order valence-electron chi connectivity index (χ0n) is 11.7. The van der Waals surface area contributed by atoms with E-state index >= 15 is 0 Å². The van der Waals surface area contributed by atoms with E-state index in [9.17, 15) is 4.79 Å². The first-order valence-corrected chi connectivity index (χ1v) is 6.40. The summed E-state index contributed by atoms with van der Waals surface area (Å²) in [6, 6.07) is 3.60. The highest BCUT2D eigenvalue weighted by Gasteiger charge is 2.22. The third-order valence-electron chi connectivity index (χ3n) is 3.35. The van der Waals surface area contributed by atoms with Crippen LogP contribution in [-0.2, 0) is 0 Å². The van der Waals surface area contributed by atoms with Crippen LogP contribution in [0.25, 0.3) is 0 Å². The van der Waals surface area contributed by atoms with E-state index in [-0.39, 0.29) is 5.91 Å². The van der Waals surface area contributed by atoms with Crippen LogP contribution < -0.4 is 14.8 Å². The first-order chi connectivity index (χ1) is 9.17. The van der Waals surface area contributed by atoms with Gasteiger partial charge in [-0.3, -0.25) is 4.79 Å². The molecule has 1 amide bonds. The van der Waals surface area contributed by atoms with Crippen LogP contribution in [0.5, 0.6) is 11.5 Å². The van der Waals surface area contributed by atoms with Crippen molar-refractivity contribution >= 4 is 5.91 Å². The van der Waals surface area contributed by atoms with Crippen LogP contribution >= 0.6 is 0 Å². The molecule has 0 atom stereocenters. The molecule has 0 radical (unpaired) electrons. The minimum Gasteiger partial charge on any atom is -0.496 e. The Balaban J connectivity index is 2.33. The fraction of sp³-hybridized carbons (Fsp3) is 0.500. The summed E-state index contributed by atoms with van der Waals surface area (Å²) >= 11 is 0. The van der Waals surface area contributed by atoms with E-state index in [1.165, 1.54) is 0 Å². The number of carbonyl (C=O) groups excluding carboxylic acids is 1. The fourth-order valence-corrected chi connectivity index (χ4v) is 2.26. The van der Waals surface area contributed by atoms with Gasteiger partial charge in [0.2, 0.25) is 0 Å². The Hall–Kier alpha value is -1.75. The van der Waals surface area contributed by atoms with Gasteiger partial charge < -0.3 is 19.7 Å². The molecule has 0 bridgehead atoms. The number of carbonyl (C=O) groups is 1. The van der Waals surface area contributed by atoms with E-state index in [0.29, 0.717) is 17.1 Å². The van der Waals surface area contributed by atoms with Crippen molar-refractivity contribution in [2.45, 2.75) is 6.92 Å². The molecule has 19 heavy (non-hydrogen) atoms. The van der Waals surface area contributed by atoms with Crippen LogP contribution in [0.2, 0.25) is 0 Å². The van der Waals surface area contributed by atoms with Crippen molar-refractivity contribution < 1.29 is 14.3 Å². The summed E-state index contributed by atoms with van der Waals surface area (Å²) in [7, 11) is 3.18. The molecule has 5 nitrogen and oxygen atoms in total. The molecule has 5 heteroatoms. The van der Waals surface area contributed by atoms with Crippen LogP contribution in [0.15, 0.2) is 12.1 Å².